The molecule has 0 aliphatic carbocycles. The predicted molar refractivity (Wildman–Crippen MR) is 121 cm³/mol. The van der Waals surface area contributed by atoms with Gasteiger partial charge in [-0.1, -0.05) is 24.6 Å². The lowest BCUT2D eigenvalue weighted by molar-refractivity contribution is -0.130. The number of anilines is 1. The minimum absolute atomic E-state index is 0.0121. The molecule has 10 heteroatoms. The van der Waals surface area contributed by atoms with Gasteiger partial charge in [-0.05, 0) is 42.7 Å². The number of carbonyl (C=O) groups excluding carboxylic acids is 2. The van der Waals surface area contributed by atoms with E-state index in [2.05, 4.69) is 17.2 Å². The molecule has 3 rings (SSSR count). The number of hydroxylamine groups is 1. The van der Waals surface area contributed by atoms with Gasteiger partial charge in [0.15, 0.2) is 9.84 Å². The van der Waals surface area contributed by atoms with Crippen molar-refractivity contribution in [1.82, 2.24) is 10.8 Å². The standard InChI is InChI=1S/C21H25N3O5S2/c1-2-11-22-20(26)23-16-7-5-6-15(13-16)17-8-9-18(30-17)21(14-19(25)24-27)10-3-4-12-31(21,28)29/h2,5-9,13,27H,1,3-4,10-12,14H2,(H,24,25)(H2,22,23,26)/t21-/m0/s1. The molecule has 0 saturated carbocycles. The van der Waals surface area contributed by atoms with Crippen LogP contribution in [0.3, 0.4) is 0 Å². The highest BCUT2D eigenvalue weighted by atomic mass is 32.2. The molecule has 8 nitrogen and oxygen atoms in total. The summed E-state index contributed by atoms with van der Waals surface area (Å²) in [7, 11) is -3.58. The average molecular weight is 464 g/mol. The Morgan fingerprint density at radius 2 is 2.03 bits per heavy atom. The quantitative estimate of drug-likeness (QED) is 0.285. The van der Waals surface area contributed by atoms with Gasteiger partial charge in [-0.25, -0.2) is 18.7 Å². The van der Waals surface area contributed by atoms with Gasteiger partial charge in [0, 0.05) is 22.0 Å². The Labute approximate surface area is 185 Å². The second-order valence-corrected chi connectivity index (χ2v) is 10.9. The molecule has 1 aliphatic rings. The fraction of sp³-hybridized carbons (Fsp3) is 0.333. The van der Waals surface area contributed by atoms with Gasteiger partial charge in [0.05, 0.1) is 12.2 Å². The largest absolute Gasteiger partial charge is 0.334 e. The van der Waals surface area contributed by atoms with Crippen LogP contribution in [-0.4, -0.2) is 37.9 Å². The van der Waals surface area contributed by atoms with Crippen LogP contribution in [0.2, 0.25) is 0 Å². The molecular weight excluding hydrogens is 438 g/mol. The molecule has 0 unspecified atom stereocenters. The Kier molecular flexibility index (Phi) is 7.14. The predicted octanol–water partition coefficient (Wildman–Crippen LogP) is 3.41. The highest BCUT2D eigenvalue weighted by molar-refractivity contribution is 7.92. The molecule has 31 heavy (non-hydrogen) atoms. The van der Waals surface area contributed by atoms with Crippen molar-refractivity contribution in [1.29, 1.82) is 0 Å². The average Bonchev–Trinajstić information content (AvgIpc) is 3.24. The van der Waals surface area contributed by atoms with Gasteiger partial charge in [-0.15, -0.1) is 17.9 Å². The second-order valence-electron chi connectivity index (χ2n) is 7.35. The number of thiophene rings is 1. The molecule has 0 bridgehead atoms. The Morgan fingerprint density at radius 1 is 1.23 bits per heavy atom. The van der Waals surface area contributed by atoms with Crippen molar-refractivity contribution in [3.05, 3.63) is 53.9 Å². The van der Waals surface area contributed by atoms with Crippen LogP contribution >= 0.6 is 11.3 Å². The van der Waals surface area contributed by atoms with E-state index in [1.54, 1.807) is 35.8 Å². The molecular formula is C21H25N3O5S2. The molecule has 4 N–H and O–H groups in total. The van der Waals surface area contributed by atoms with E-state index in [-0.39, 0.29) is 18.2 Å². The molecule has 1 saturated heterocycles. The Balaban J connectivity index is 1.92. The molecule has 3 amide bonds. The van der Waals surface area contributed by atoms with E-state index in [9.17, 15) is 18.0 Å². The van der Waals surface area contributed by atoms with Crippen molar-refractivity contribution >= 4 is 38.8 Å². The van der Waals surface area contributed by atoms with E-state index in [1.165, 1.54) is 11.3 Å². The molecule has 166 valence electrons. The summed E-state index contributed by atoms with van der Waals surface area (Å²) >= 11 is 1.31. The second kappa shape index (κ2) is 9.63. The van der Waals surface area contributed by atoms with Crippen molar-refractivity contribution in [2.75, 3.05) is 17.6 Å². The summed E-state index contributed by atoms with van der Waals surface area (Å²) in [6.07, 6.45) is 2.83. The molecule has 1 aromatic heterocycles. The molecule has 1 aliphatic heterocycles. The molecule has 0 spiro atoms. The normalized spacial score (nSPS) is 19.9. The number of sulfone groups is 1. The van der Waals surface area contributed by atoms with Crippen LogP contribution in [0, 0.1) is 0 Å². The maximum atomic E-state index is 13.0. The highest BCUT2D eigenvalue weighted by Crippen LogP contribution is 2.47. The number of hydrogen-bond acceptors (Lipinski definition) is 6. The lowest BCUT2D eigenvalue weighted by atomic mass is 9.94. The van der Waals surface area contributed by atoms with E-state index in [1.807, 2.05) is 12.1 Å². The van der Waals surface area contributed by atoms with E-state index in [0.29, 0.717) is 36.4 Å². The fourth-order valence-electron chi connectivity index (χ4n) is 3.74. The number of hydrogen-bond donors (Lipinski definition) is 4. The van der Waals surface area contributed by atoms with Gasteiger partial charge in [-0.2, -0.15) is 0 Å². The van der Waals surface area contributed by atoms with E-state index >= 15 is 0 Å². The Hall–Kier alpha value is -2.69. The smallest absolute Gasteiger partial charge is 0.319 e. The minimum atomic E-state index is -3.58. The number of rotatable bonds is 7. The lowest BCUT2D eigenvalue weighted by Crippen LogP contribution is -2.43. The molecule has 2 heterocycles. The van der Waals surface area contributed by atoms with Gasteiger partial charge in [0.1, 0.15) is 4.75 Å². The van der Waals surface area contributed by atoms with Crippen LogP contribution in [0.25, 0.3) is 10.4 Å². The summed E-state index contributed by atoms with van der Waals surface area (Å²) in [6.45, 7) is 3.90. The molecule has 1 atom stereocenters. The van der Waals surface area contributed by atoms with Crippen molar-refractivity contribution in [2.24, 2.45) is 0 Å². The maximum Gasteiger partial charge on any atom is 0.319 e. The summed E-state index contributed by atoms with van der Waals surface area (Å²) in [5.41, 5.74) is 2.98. The first-order chi connectivity index (χ1) is 14.8. The highest BCUT2D eigenvalue weighted by Gasteiger charge is 2.49. The van der Waals surface area contributed by atoms with E-state index in [0.717, 1.165) is 10.4 Å². The van der Waals surface area contributed by atoms with Crippen LogP contribution in [0.1, 0.15) is 30.6 Å². The SMILES string of the molecule is C=CCNC(=O)Nc1cccc(-c2ccc([C@@]3(CC(=O)NO)CCCCS3(=O)=O)s2)c1. The summed E-state index contributed by atoms with van der Waals surface area (Å²) in [5, 5.41) is 14.4. The third-order valence-electron chi connectivity index (χ3n) is 5.28. The summed E-state index contributed by atoms with van der Waals surface area (Å²) in [5.74, 6) is -0.713. The van der Waals surface area contributed by atoms with Crippen molar-refractivity contribution in [3.8, 4) is 10.4 Å². The fourth-order valence-corrected chi connectivity index (χ4v) is 7.52. The van der Waals surface area contributed by atoms with E-state index < -0.39 is 20.5 Å². The summed E-state index contributed by atoms with van der Waals surface area (Å²) in [6, 6.07) is 10.4. The maximum absolute atomic E-state index is 13.0. The topological polar surface area (TPSA) is 125 Å². The van der Waals surface area contributed by atoms with Gasteiger partial charge < -0.3 is 10.6 Å². The van der Waals surface area contributed by atoms with Gasteiger partial charge in [0.2, 0.25) is 5.91 Å². The zero-order valence-corrected chi connectivity index (χ0v) is 18.5. The monoisotopic (exact) mass is 463 g/mol. The van der Waals surface area contributed by atoms with Crippen LogP contribution < -0.4 is 16.1 Å². The molecule has 1 aromatic carbocycles. The Morgan fingerprint density at radius 3 is 2.74 bits per heavy atom. The number of amides is 3. The van der Waals surface area contributed by atoms with Crippen molar-refractivity contribution in [2.45, 2.75) is 30.4 Å². The first kappa shape index (κ1) is 23.0. The van der Waals surface area contributed by atoms with Crippen LogP contribution in [0.4, 0.5) is 10.5 Å². The number of benzene rings is 1. The molecule has 0 radical (unpaired) electrons. The first-order valence-electron chi connectivity index (χ1n) is 9.83. The lowest BCUT2D eigenvalue weighted by Gasteiger charge is -2.35. The third-order valence-corrected chi connectivity index (χ3v) is 9.33. The van der Waals surface area contributed by atoms with Gasteiger partial charge in [0.25, 0.3) is 0 Å². The van der Waals surface area contributed by atoms with Gasteiger partial charge >= 0.3 is 6.03 Å². The van der Waals surface area contributed by atoms with Gasteiger partial charge in [-0.3, -0.25) is 10.0 Å². The molecule has 1 fully saturated rings. The Bertz CT molecular complexity index is 1080. The van der Waals surface area contributed by atoms with Crippen LogP contribution in [-0.2, 0) is 19.4 Å². The van der Waals surface area contributed by atoms with Crippen LogP contribution in [0.5, 0.6) is 0 Å². The number of nitrogens with one attached hydrogen (secondary N) is 3. The summed E-state index contributed by atoms with van der Waals surface area (Å²) < 4.78 is 24.7. The van der Waals surface area contributed by atoms with Crippen molar-refractivity contribution in [3.63, 3.8) is 0 Å². The van der Waals surface area contributed by atoms with Crippen LogP contribution in [0.15, 0.2) is 49.1 Å². The third kappa shape index (κ3) is 4.97. The summed E-state index contributed by atoms with van der Waals surface area (Å²) in [4.78, 5) is 25.2. The zero-order valence-electron chi connectivity index (χ0n) is 16.9. The van der Waals surface area contributed by atoms with Crippen molar-refractivity contribution < 1.29 is 23.2 Å². The van der Waals surface area contributed by atoms with E-state index in [4.69, 9.17) is 5.21 Å². The number of carbonyl (C=O) groups is 2. The number of urea groups is 1. The zero-order chi connectivity index (χ0) is 22.5. The first-order valence-corrected chi connectivity index (χ1v) is 12.3. The minimum Gasteiger partial charge on any atom is -0.334 e. The molecule has 2 aromatic rings.